The summed E-state index contributed by atoms with van der Waals surface area (Å²) in [6, 6.07) is 9.88. The molecule has 0 aliphatic heterocycles. The van der Waals surface area contributed by atoms with E-state index in [1.165, 1.54) is 0 Å². The zero-order chi connectivity index (χ0) is 19.9. The predicted octanol–water partition coefficient (Wildman–Crippen LogP) is 3.16. The van der Waals surface area contributed by atoms with Crippen molar-refractivity contribution in [1.29, 1.82) is 0 Å². The lowest BCUT2D eigenvalue weighted by molar-refractivity contribution is -0.121. The van der Waals surface area contributed by atoms with Crippen molar-refractivity contribution in [3.63, 3.8) is 0 Å². The second-order valence-corrected chi connectivity index (χ2v) is 7.35. The molecule has 148 valence electrons. The van der Waals surface area contributed by atoms with Gasteiger partial charge in [0, 0.05) is 30.3 Å². The number of hydrogen-bond acceptors (Lipinski definition) is 7. The Balaban J connectivity index is 1.50. The molecule has 0 saturated carbocycles. The van der Waals surface area contributed by atoms with Gasteiger partial charge in [0.15, 0.2) is 0 Å². The van der Waals surface area contributed by atoms with Gasteiger partial charge in [-0.15, -0.1) is 10.2 Å². The Morgan fingerprint density at radius 2 is 2.04 bits per heavy atom. The van der Waals surface area contributed by atoms with Crippen LogP contribution in [0.5, 0.6) is 5.75 Å². The highest BCUT2D eigenvalue weighted by Gasteiger charge is 2.16. The van der Waals surface area contributed by atoms with Gasteiger partial charge in [0.2, 0.25) is 17.7 Å². The van der Waals surface area contributed by atoms with E-state index in [2.05, 4.69) is 20.4 Å². The van der Waals surface area contributed by atoms with Crippen molar-refractivity contribution in [2.24, 2.45) is 0 Å². The van der Waals surface area contributed by atoms with E-state index in [9.17, 15) is 4.79 Å². The maximum Gasteiger partial charge on any atom is 0.248 e. The van der Waals surface area contributed by atoms with Crippen LogP contribution in [0.4, 0.5) is 0 Å². The Bertz CT molecular complexity index is 875. The van der Waals surface area contributed by atoms with E-state index in [1.54, 1.807) is 18.4 Å². The Morgan fingerprint density at radius 3 is 2.68 bits per heavy atom. The first-order chi connectivity index (χ1) is 13.6. The van der Waals surface area contributed by atoms with Crippen LogP contribution >= 0.6 is 11.3 Å². The van der Waals surface area contributed by atoms with Gasteiger partial charge >= 0.3 is 0 Å². The second kappa shape index (κ2) is 9.48. The molecule has 0 aliphatic rings. The highest BCUT2D eigenvalue weighted by molar-refractivity contribution is 7.08. The van der Waals surface area contributed by atoms with Crippen molar-refractivity contribution >= 4 is 17.2 Å². The van der Waals surface area contributed by atoms with Crippen molar-refractivity contribution in [3.8, 4) is 17.2 Å². The quantitative estimate of drug-likeness (QED) is 0.594. The third kappa shape index (κ3) is 5.17. The number of carbonyl (C=O) groups is 1. The van der Waals surface area contributed by atoms with Gasteiger partial charge < -0.3 is 19.4 Å². The summed E-state index contributed by atoms with van der Waals surface area (Å²) in [5, 5.41) is 14.9. The summed E-state index contributed by atoms with van der Waals surface area (Å²) in [5.74, 6) is 1.72. The third-order valence-corrected chi connectivity index (χ3v) is 5.10. The van der Waals surface area contributed by atoms with Crippen LogP contribution < -0.4 is 10.1 Å². The average Bonchev–Trinajstić information content (AvgIpc) is 3.38. The summed E-state index contributed by atoms with van der Waals surface area (Å²) in [7, 11) is 5.63. The molecule has 1 atom stereocenters. The summed E-state index contributed by atoms with van der Waals surface area (Å²) >= 11 is 1.57. The summed E-state index contributed by atoms with van der Waals surface area (Å²) in [6.07, 6.45) is 0.714. The van der Waals surface area contributed by atoms with Crippen molar-refractivity contribution in [2.75, 3.05) is 27.7 Å². The number of ether oxygens (including phenoxy) is 1. The van der Waals surface area contributed by atoms with Gasteiger partial charge in [0.1, 0.15) is 5.75 Å². The average molecular weight is 401 g/mol. The van der Waals surface area contributed by atoms with Gasteiger partial charge in [0.05, 0.1) is 13.2 Å². The largest absolute Gasteiger partial charge is 0.497 e. The molecule has 0 bridgehead atoms. The minimum absolute atomic E-state index is 0.0457. The number of hydrogen-bond donors (Lipinski definition) is 1. The van der Waals surface area contributed by atoms with Crippen LogP contribution in [0.2, 0.25) is 0 Å². The van der Waals surface area contributed by atoms with Crippen molar-refractivity contribution < 1.29 is 13.9 Å². The summed E-state index contributed by atoms with van der Waals surface area (Å²) in [6.45, 7) is 0.516. The van der Waals surface area contributed by atoms with Gasteiger partial charge in [-0.05, 0) is 43.2 Å². The molecule has 0 unspecified atom stereocenters. The molecule has 0 radical (unpaired) electrons. The fraction of sp³-hybridized carbons (Fsp3) is 0.350. The fourth-order valence-corrected chi connectivity index (χ4v) is 3.43. The normalized spacial score (nSPS) is 12.1. The zero-order valence-electron chi connectivity index (χ0n) is 16.2. The molecule has 0 saturated heterocycles. The number of rotatable bonds is 9. The molecule has 7 nitrogen and oxygen atoms in total. The van der Waals surface area contributed by atoms with Gasteiger partial charge in [0.25, 0.3) is 0 Å². The first-order valence-corrected chi connectivity index (χ1v) is 9.93. The van der Waals surface area contributed by atoms with E-state index >= 15 is 0 Å². The zero-order valence-corrected chi connectivity index (χ0v) is 17.0. The van der Waals surface area contributed by atoms with Crippen molar-refractivity contribution in [3.05, 3.63) is 52.5 Å². The number of likely N-dealkylation sites (N-methyl/N-ethyl adjacent to an activating group) is 1. The predicted molar refractivity (Wildman–Crippen MR) is 108 cm³/mol. The standard InChI is InChI=1S/C20H24N4O3S/c1-24(2)17(14-4-6-16(26-3)7-5-14)12-21-18(25)8-9-19-22-23-20(27-19)15-10-11-28-13-15/h4-7,10-11,13,17H,8-9,12H2,1-3H3,(H,21,25)/t17-/m0/s1. The number of amides is 1. The molecule has 1 amide bonds. The first-order valence-electron chi connectivity index (χ1n) is 8.99. The van der Waals surface area contributed by atoms with Crippen LogP contribution in [0.15, 0.2) is 45.5 Å². The molecular formula is C20H24N4O3S. The Hall–Kier alpha value is -2.71. The maximum atomic E-state index is 12.3. The molecular weight excluding hydrogens is 376 g/mol. The van der Waals surface area contributed by atoms with Gasteiger partial charge in [-0.3, -0.25) is 4.79 Å². The number of benzene rings is 1. The molecule has 0 fully saturated rings. The van der Waals surface area contributed by atoms with Crippen LogP contribution in [0.25, 0.3) is 11.5 Å². The van der Waals surface area contributed by atoms with E-state index in [0.717, 1.165) is 16.9 Å². The van der Waals surface area contributed by atoms with E-state index < -0.39 is 0 Å². The molecule has 2 aromatic heterocycles. The molecule has 0 spiro atoms. The monoisotopic (exact) mass is 400 g/mol. The minimum atomic E-state index is -0.0457. The smallest absolute Gasteiger partial charge is 0.248 e. The minimum Gasteiger partial charge on any atom is -0.497 e. The second-order valence-electron chi connectivity index (χ2n) is 6.57. The number of aromatic nitrogens is 2. The molecule has 0 aliphatic carbocycles. The number of nitrogens with zero attached hydrogens (tertiary/aromatic N) is 3. The number of aryl methyl sites for hydroxylation is 1. The Labute approximate surface area is 168 Å². The van der Waals surface area contributed by atoms with Crippen LogP contribution in [0.1, 0.15) is 23.9 Å². The van der Waals surface area contributed by atoms with Crippen molar-refractivity contribution in [2.45, 2.75) is 18.9 Å². The van der Waals surface area contributed by atoms with Gasteiger partial charge in [-0.1, -0.05) is 12.1 Å². The Morgan fingerprint density at radius 1 is 1.25 bits per heavy atom. The number of carbonyl (C=O) groups excluding carboxylic acids is 1. The Kier molecular flexibility index (Phi) is 6.78. The third-order valence-electron chi connectivity index (χ3n) is 4.42. The van der Waals surface area contributed by atoms with E-state index in [0.29, 0.717) is 31.2 Å². The van der Waals surface area contributed by atoms with E-state index in [1.807, 2.05) is 55.2 Å². The molecule has 1 aromatic carbocycles. The SMILES string of the molecule is COc1ccc([C@H](CNC(=O)CCc2nnc(-c3ccsc3)o2)N(C)C)cc1. The highest BCUT2D eigenvalue weighted by atomic mass is 32.1. The summed E-state index contributed by atoms with van der Waals surface area (Å²) in [5.41, 5.74) is 2.02. The molecule has 28 heavy (non-hydrogen) atoms. The van der Waals surface area contributed by atoms with Crippen LogP contribution in [-0.4, -0.2) is 48.8 Å². The fourth-order valence-electron chi connectivity index (χ4n) is 2.80. The van der Waals surface area contributed by atoms with Crippen LogP contribution in [0.3, 0.4) is 0 Å². The first kappa shape index (κ1) is 20.0. The lowest BCUT2D eigenvalue weighted by Gasteiger charge is -2.25. The topological polar surface area (TPSA) is 80.5 Å². The maximum absolute atomic E-state index is 12.3. The van der Waals surface area contributed by atoms with Gasteiger partial charge in [-0.2, -0.15) is 11.3 Å². The number of thiophene rings is 1. The van der Waals surface area contributed by atoms with Crippen LogP contribution in [-0.2, 0) is 11.2 Å². The van der Waals surface area contributed by atoms with Gasteiger partial charge in [-0.25, -0.2) is 0 Å². The molecule has 2 heterocycles. The number of nitrogens with one attached hydrogen (secondary N) is 1. The number of methoxy groups -OCH3 is 1. The lowest BCUT2D eigenvalue weighted by Crippen LogP contribution is -2.34. The van der Waals surface area contributed by atoms with E-state index in [4.69, 9.17) is 9.15 Å². The summed E-state index contributed by atoms with van der Waals surface area (Å²) < 4.78 is 10.8. The molecule has 3 aromatic rings. The molecule has 3 rings (SSSR count). The highest BCUT2D eigenvalue weighted by Crippen LogP contribution is 2.22. The van der Waals surface area contributed by atoms with E-state index in [-0.39, 0.29) is 11.9 Å². The lowest BCUT2D eigenvalue weighted by atomic mass is 10.1. The van der Waals surface area contributed by atoms with Crippen LogP contribution in [0, 0.1) is 0 Å². The molecule has 8 heteroatoms. The summed E-state index contributed by atoms with van der Waals surface area (Å²) in [4.78, 5) is 14.3. The molecule has 1 N–H and O–H groups in total. The van der Waals surface area contributed by atoms with Crippen molar-refractivity contribution in [1.82, 2.24) is 20.4 Å².